The van der Waals surface area contributed by atoms with Gasteiger partial charge in [0, 0.05) is 35.5 Å². The molecule has 0 saturated carbocycles. The zero-order chi connectivity index (χ0) is 24.4. The van der Waals surface area contributed by atoms with Gasteiger partial charge < -0.3 is 10.6 Å². The molecule has 2 aromatic rings. The SMILES string of the molecule is C=CC(=C)N1CCc2cc(Cl)sc2C1.CCCCN=C/C(=C(\N)C(F)(F)F)c1ccccc1. The lowest BCUT2D eigenvalue weighted by Gasteiger charge is -2.28. The largest absolute Gasteiger partial charge is 0.431 e. The first kappa shape index (κ1) is 26.7. The van der Waals surface area contributed by atoms with E-state index in [1.807, 2.05) is 6.92 Å². The molecule has 2 N–H and O–H groups in total. The monoisotopic (exact) mass is 495 g/mol. The van der Waals surface area contributed by atoms with Gasteiger partial charge in [0.2, 0.25) is 0 Å². The van der Waals surface area contributed by atoms with Crippen molar-refractivity contribution >= 4 is 34.7 Å². The van der Waals surface area contributed by atoms with E-state index in [4.69, 9.17) is 17.3 Å². The van der Waals surface area contributed by atoms with Gasteiger partial charge in [-0.25, -0.2) is 0 Å². The number of benzene rings is 1. The summed E-state index contributed by atoms with van der Waals surface area (Å²) in [5, 5.41) is 0. The molecule has 8 heteroatoms. The van der Waals surface area contributed by atoms with Crippen molar-refractivity contribution in [3.05, 3.63) is 87.4 Å². The van der Waals surface area contributed by atoms with Crippen LogP contribution in [-0.4, -0.2) is 30.4 Å². The van der Waals surface area contributed by atoms with Crippen LogP contribution in [0.3, 0.4) is 0 Å². The van der Waals surface area contributed by atoms with Crippen molar-refractivity contribution in [3.63, 3.8) is 0 Å². The molecule has 0 unspecified atom stereocenters. The molecule has 0 spiro atoms. The topological polar surface area (TPSA) is 41.6 Å². The first-order chi connectivity index (χ1) is 15.7. The summed E-state index contributed by atoms with van der Waals surface area (Å²) in [4.78, 5) is 7.61. The fourth-order valence-electron chi connectivity index (χ4n) is 3.13. The van der Waals surface area contributed by atoms with Crippen molar-refractivity contribution in [3.8, 4) is 0 Å². The molecule has 3 rings (SSSR count). The average molecular weight is 496 g/mol. The molecule has 0 aliphatic carbocycles. The summed E-state index contributed by atoms with van der Waals surface area (Å²) in [6.45, 7) is 12.1. The molecule has 1 aliphatic rings. The number of hydrogen-bond donors (Lipinski definition) is 1. The van der Waals surface area contributed by atoms with Crippen LogP contribution in [0.1, 0.15) is 35.8 Å². The Morgan fingerprint density at radius 1 is 1.30 bits per heavy atom. The van der Waals surface area contributed by atoms with Gasteiger partial charge >= 0.3 is 6.18 Å². The number of thiophene rings is 1. The third kappa shape index (κ3) is 8.09. The summed E-state index contributed by atoms with van der Waals surface area (Å²) in [5.74, 6) is 0. The number of alkyl halides is 3. The van der Waals surface area contributed by atoms with Gasteiger partial charge in [0.05, 0.1) is 10.9 Å². The van der Waals surface area contributed by atoms with E-state index in [2.05, 4.69) is 29.1 Å². The number of halogens is 4. The van der Waals surface area contributed by atoms with E-state index in [1.54, 1.807) is 47.7 Å². The molecule has 1 aromatic carbocycles. The summed E-state index contributed by atoms with van der Waals surface area (Å²) >= 11 is 7.64. The lowest BCUT2D eigenvalue weighted by atomic mass is 10.0. The molecule has 0 bridgehead atoms. The number of rotatable bonds is 7. The highest BCUT2D eigenvalue weighted by molar-refractivity contribution is 7.16. The van der Waals surface area contributed by atoms with E-state index in [9.17, 15) is 13.2 Å². The predicted molar refractivity (Wildman–Crippen MR) is 135 cm³/mol. The van der Waals surface area contributed by atoms with Crippen LogP contribution in [0.5, 0.6) is 0 Å². The second kappa shape index (κ2) is 12.7. The predicted octanol–water partition coefficient (Wildman–Crippen LogP) is 7.25. The third-order valence-electron chi connectivity index (χ3n) is 5.04. The van der Waals surface area contributed by atoms with Gasteiger partial charge in [0.15, 0.2) is 0 Å². The summed E-state index contributed by atoms with van der Waals surface area (Å²) in [6.07, 6.45) is 1.31. The van der Waals surface area contributed by atoms with E-state index in [-0.39, 0.29) is 5.57 Å². The van der Waals surface area contributed by atoms with Gasteiger partial charge in [-0.05, 0) is 36.1 Å². The highest BCUT2D eigenvalue weighted by atomic mass is 35.5. The van der Waals surface area contributed by atoms with Crippen LogP contribution in [0.25, 0.3) is 5.57 Å². The van der Waals surface area contributed by atoms with Crippen LogP contribution in [-0.2, 0) is 13.0 Å². The number of nitrogens with zero attached hydrogens (tertiary/aromatic N) is 2. The van der Waals surface area contributed by atoms with E-state index in [1.165, 1.54) is 16.7 Å². The van der Waals surface area contributed by atoms with Crippen LogP contribution >= 0.6 is 22.9 Å². The maximum absolute atomic E-state index is 12.7. The number of unbranched alkanes of at least 4 members (excludes halogenated alkanes) is 1. The van der Waals surface area contributed by atoms with E-state index < -0.39 is 11.9 Å². The molecule has 178 valence electrons. The third-order valence-corrected chi connectivity index (χ3v) is 6.33. The average Bonchev–Trinajstić information content (AvgIpc) is 3.18. The maximum Gasteiger partial charge on any atom is 0.431 e. The van der Waals surface area contributed by atoms with Crippen molar-refractivity contribution in [1.29, 1.82) is 0 Å². The van der Waals surface area contributed by atoms with Crippen molar-refractivity contribution in [2.45, 2.75) is 38.9 Å². The smallest absolute Gasteiger partial charge is 0.394 e. The summed E-state index contributed by atoms with van der Waals surface area (Å²) in [5.41, 5.74) is 6.82. The molecule has 3 nitrogen and oxygen atoms in total. The first-order valence-corrected chi connectivity index (χ1v) is 11.8. The Kier molecular flexibility index (Phi) is 10.3. The van der Waals surface area contributed by atoms with Gasteiger partial charge in [-0.15, -0.1) is 11.3 Å². The molecule has 2 heterocycles. The Balaban J connectivity index is 0.000000243. The van der Waals surface area contributed by atoms with Gasteiger partial charge in [-0.2, -0.15) is 13.2 Å². The Morgan fingerprint density at radius 2 is 2.00 bits per heavy atom. The summed E-state index contributed by atoms with van der Waals surface area (Å²) in [7, 11) is 0. The number of fused-ring (bicyclic) bond motifs is 1. The Hall–Kier alpha value is -2.51. The lowest BCUT2D eigenvalue weighted by molar-refractivity contribution is -0.0918. The Morgan fingerprint density at radius 3 is 2.61 bits per heavy atom. The highest BCUT2D eigenvalue weighted by Gasteiger charge is 2.34. The quantitative estimate of drug-likeness (QED) is 0.250. The Bertz CT molecular complexity index is 994. The molecule has 0 saturated heterocycles. The molecule has 0 radical (unpaired) electrons. The highest BCUT2D eigenvalue weighted by Crippen LogP contribution is 2.32. The molecular formula is C25H29ClF3N3S. The molecule has 0 amide bonds. The van der Waals surface area contributed by atoms with Crippen molar-refractivity contribution in [2.75, 3.05) is 13.1 Å². The number of allylic oxidation sites excluding steroid dienone is 3. The maximum atomic E-state index is 12.7. The Labute approximate surface area is 202 Å². The minimum atomic E-state index is -4.55. The molecule has 0 atom stereocenters. The van der Waals surface area contributed by atoms with Gasteiger partial charge in [0.25, 0.3) is 0 Å². The van der Waals surface area contributed by atoms with Crippen LogP contribution < -0.4 is 5.73 Å². The molecule has 33 heavy (non-hydrogen) atoms. The van der Waals surface area contributed by atoms with Gasteiger partial charge in [-0.1, -0.05) is 68.4 Å². The van der Waals surface area contributed by atoms with Crippen molar-refractivity contribution < 1.29 is 13.2 Å². The van der Waals surface area contributed by atoms with E-state index >= 15 is 0 Å². The van der Waals surface area contributed by atoms with Crippen LogP contribution in [0.4, 0.5) is 13.2 Å². The standard InChI is InChI=1S/C14H17F3N2.C11H12ClNS/c1-2-3-9-19-10-12(13(18)14(15,16)17)11-7-5-4-6-8-11;1-3-8(2)13-5-4-9-6-11(12)14-10(9)7-13/h4-8,10H,2-3,9,18H2,1H3;3,6H,1-2,4-5,7H2/b13-12+,19-10?;. The number of nitrogens with two attached hydrogens (primary N) is 1. The lowest BCUT2D eigenvalue weighted by Crippen LogP contribution is -2.27. The first-order valence-electron chi connectivity index (χ1n) is 10.6. The molecule has 0 fully saturated rings. The van der Waals surface area contributed by atoms with Crippen LogP contribution in [0.15, 0.2) is 72.0 Å². The summed E-state index contributed by atoms with van der Waals surface area (Å²) in [6, 6.07) is 10.3. The van der Waals surface area contributed by atoms with E-state index in [0.717, 1.165) is 42.4 Å². The number of aliphatic imine (C=N–C) groups is 1. The zero-order valence-electron chi connectivity index (χ0n) is 18.7. The van der Waals surface area contributed by atoms with Crippen molar-refractivity contribution in [2.24, 2.45) is 10.7 Å². The molecule has 1 aliphatic heterocycles. The van der Waals surface area contributed by atoms with Crippen LogP contribution in [0, 0.1) is 0 Å². The second-order valence-electron chi connectivity index (χ2n) is 7.45. The van der Waals surface area contributed by atoms with Gasteiger partial charge in [0.1, 0.15) is 5.70 Å². The second-order valence-corrected chi connectivity index (χ2v) is 9.21. The molecular weight excluding hydrogens is 467 g/mol. The normalized spacial score (nSPS) is 14.3. The minimum Gasteiger partial charge on any atom is -0.394 e. The fraction of sp³-hybridized carbons (Fsp3) is 0.320. The van der Waals surface area contributed by atoms with Crippen molar-refractivity contribution in [1.82, 2.24) is 4.90 Å². The number of hydrogen-bond acceptors (Lipinski definition) is 4. The zero-order valence-corrected chi connectivity index (χ0v) is 20.2. The fourth-order valence-corrected chi connectivity index (χ4v) is 4.49. The minimum absolute atomic E-state index is 0.0794. The van der Waals surface area contributed by atoms with Gasteiger partial charge in [-0.3, -0.25) is 4.99 Å². The van der Waals surface area contributed by atoms with E-state index in [0.29, 0.717) is 12.1 Å². The van der Waals surface area contributed by atoms with Crippen LogP contribution in [0.2, 0.25) is 4.34 Å². The molecule has 1 aromatic heterocycles. The summed E-state index contributed by atoms with van der Waals surface area (Å²) < 4.78 is 39.0.